The van der Waals surface area contributed by atoms with Crippen molar-refractivity contribution in [2.75, 3.05) is 0 Å². The molecule has 0 unspecified atom stereocenters. The zero-order valence-electron chi connectivity index (χ0n) is 10.2. The lowest BCUT2D eigenvalue weighted by Crippen LogP contribution is -2.03. The summed E-state index contributed by atoms with van der Waals surface area (Å²) >= 11 is 12.0. The molecule has 0 amide bonds. The van der Waals surface area contributed by atoms with Gasteiger partial charge in [-0.25, -0.2) is 4.98 Å². The van der Waals surface area contributed by atoms with Crippen LogP contribution in [0.4, 0.5) is 0 Å². The molecule has 1 aromatic carbocycles. The standard InChI is InChI=1S/C13H11Cl2N3O/c1-8-4-10(19-17-8)7-18-12-5-9(15)2-3-11(12)16-13(18)6-14/h2-5H,6-7H2,1H3. The predicted octanol–water partition coefficient (Wildman–Crippen LogP) is 3.77. The summed E-state index contributed by atoms with van der Waals surface area (Å²) in [6.45, 7) is 2.43. The third-order valence-corrected chi connectivity index (χ3v) is 3.37. The number of hydrogen-bond acceptors (Lipinski definition) is 3. The normalized spacial score (nSPS) is 11.3. The largest absolute Gasteiger partial charge is 0.359 e. The van der Waals surface area contributed by atoms with Gasteiger partial charge >= 0.3 is 0 Å². The first-order chi connectivity index (χ1) is 9.17. The van der Waals surface area contributed by atoms with E-state index in [1.807, 2.05) is 35.8 Å². The van der Waals surface area contributed by atoms with Crippen molar-refractivity contribution in [2.45, 2.75) is 19.3 Å². The minimum Gasteiger partial charge on any atom is -0.359 e. The molecule has 0 saturated carbocycles. The molecule has 0 aliphatic carbocycles. The molecule has 98 valence electrons. The van der Waals surface area contributed by atoms with E-state index in [4.69, 9.17) is 27.7 Å². The Morgan fingerprint density at radius 3 is 2.84 bits per heavy atom. The Bertz CT molecular complexity index is 733. The maximum absolute atomic E-state index is 6.04. The minimum absolute atomic E-state index is 0.333. The van der Waals surface area contributed by atoms with Crippen LogP contribution >= 0.6 is 23.2 Å². The zero-order valence-corrected chi connectivity index (χ0v) is 11.7. The van der Waals surface area contributed by atoms with Crippen LogP contribution in [0.1, 0.15) is 17.3 Å². The number of halogens is 2. The molecule has 19 heavy (non-hydrogen) atoms. The van der Waals surface area contributed by atoms with Crippen molar-refractivity contribution >= 4 is 34.2 Å². The number of aromatic nitrogens is 3. The van der Waals surface area contributed by atoms with Crippen molar-refractivity contribution < 1.29 is 4.52 Å². The van der Waals surface area contributed by atoms with Crippen LogP contribution < -0.4 is 0 Å². The minimum atomic E-state index is 0.333. The Balaban J connectivity index is 2.12. The van der Waals surface area contributed by atoms with Gasteiger partial charge in [-0.1, -0.05) is 16.8 Å². The van der Waals surface area contributed by atoms with Gasteiger partial charge in [0.05, 0.1) is 29.2 Å². The van der Waals surface area contributed by atoms with Gasteiger partial charge in [0.15, 0.2) is 5.76 Å². The third-order valence-electron chi connectivity index (χ3n) is 2.90. The summed E-state index contributed by atoms with van der Waals surface area (Å²) in [5, 5.41) is 4.55. The van der Waals surface area contributed by atoms with Gasteiger partial charge in [0.1, 0.15) is 5.82 Å². The van der Waals surface area contributed by atoms with Crippen molar-refractivity contribution in [1.29, 1.82) is 0 Å². The highest BCUT2D eigenvalue weighted by Gasteiger charge is 2.12. The molecule has 0 atom stereocenters. The molecule has 0 N–H and O–H groups in total. The number of aryl methyl sites for hydroxylation is 1. The highest BCUT2D eigenvalue weighted by atomic mass is 35.5. The topological polar surface area (TPSA) is 43.9 Å². The number of imidazole rings is 1. The van der Waals surface area contributed by atoms with Crippen LogP contribution in [-0.4, -0.2) is 14.7 Å². The molecular formula is C13H11Cl2N3O. The van der Waals surface area contributed by atoms with Crippen LogP contribution in [0, 0.1) is 6.92 Å². The molecule has 2 aromatic heterocycles. The maximum Gasteiger partial charge on any atom is 0.156 e. The molecule has 2 heterocycles. The molecular weight excluding hydrogens is 285 g/mol. The molecule has 0 saturated heterocycles. The highest BCUT2D eigenvalue weighted by Crippen LogP contribution is 2.23. The van der Waals surface area contributed by atoms with Gasteiger partial charge in [-0.2, -0.15) is 0 Å². The van der Waals surface area contributed by atoms with Gasteiger partial charge in [0.2, 0.25) is 0 Å². The quantitative estimate of drug-likeness (QED) is 0.691. The molecule has 3 rings (SSSR count). The summed E-state index contributed by atoms with van der Waals surface area (Å²) in [5.41, 5.74) is 2.67. The van der Waals surface area contributed by atoms with Crippen molar-refractivity contribution in [3.05, 3.63) is 46.6 Å². The number of fused-ring (bicyclic) bond motifs is 1. The SMILES string of the molecule is Cc1cc(Cn2c(CCl)nc3ccc(Cl)cc32)on1. The zero-order chi connectivity index (χ0) is 13.4. The first-order valence-corrected chi connectivity index (χ1v) is 6.71. The Labute approximate surface area is 119 Å². The van der Waals surface area contributed by atoms with E-state index in [2.05, 4.69) is 10.1 Å². The first kappa shape index (κ1) is 12.5. The van der Waals surface area contributed by atoms with Crippen LogP contribution in [-0.2, 0) is 12.4 Å². The van der Waals surface area contributed by atoms with Crippen molar-refractivity contribution in [1.82, 2.24) is 14.7 Å². The summed E-state index contributed by atoms with van der Waals surface area (Å²) in [7, 11) is 0. The lowest BCUT2D eigenvalue weighted by molar-refractivity contribution is 0.373. The van der Waals surface area contributed by atoms with Crippen LogP contribution in [0.3, 0.4) is 0 Å². The van der Waals surface area contributed by atoms with Crippen LogP contribution in [0.2, 0.25) is 5.02 Å². The number of nitrogens with zero attached hydrogens (tertiary/aromatic N) is 3. The molecule has 3 aromatic rings. The fourth-order valence-electron chi connectivity index (χ4n) is 2.07. The van der Waals surface area contributed by atoms with Crippen LogP contribution in [0.25, 0.3) is 11.0 Å². The van der Waals surface area contributed by atoms with Crippen LogP contribution in [0.15, 0.2) is 28.8 Å². The van der Waals surface area contributed by atoms with E-state index >= 15 is 0 Å². The highest BCUT2D eigenvalue weighted by molar-refractivity contribution is 6.31. The molecule has 0 bridgehead atoms. The van der Waals surface area contributed by atoms with Gasteiger partial charge in [-0.15, -0.1) is 11.6 Å². The monoisotopic (exact) mass is 295 g/mol. The van der Waals surface area contributed by atoms with E-state index in [1.165, 1.54) is 0 Å². The van der Waals surface area contributed by atoms with Crippen molar-refractivity contribution in [3.8, 4) is 0 Å². The Kier molecular flexibility index (Phi) is 3.21. The number of rotatable bonds is 3. The summed E-state index contributed by atoms with van der Waals surface area (Å²) in [6, 6.07) is 7.48. The van der Waals surface area contributed by atoms with E-state index < -0.39 is 0 Å². The fraction of sp³-hybridized carbons (Fsp3) is 0.231. The molecule has 0 fully saturated rings. The van der Waals surface area contributed by atoms with E-state index in [-0.39, 0.29) is 0 Å². The van der Waals surface area contributed by atoms with Crippen LogP contribution in [0.5, 0.6) is 0 Å². The number of benzene rings is 1. The molecule has 0 radical (unpaired) electrons. The molecule has 0 aliphatic rings. The average Bonchev–Trinajstić information content (AvgIpc) is 2.94. The second-order valence-corrected chi connectivity index (χ2v) is 5.02. The second kappa shape index (κ2) is 4.87. The lowest BCUT2D eigenvalue weighted by atomic mass is 10.3. The smallest absolute Gasteiger partial charge is 0.156 e. The summed E-state index contributed by atoms with van der Waals surface area (Å²) < 4.78 is 7.24. The van der Waals surface area contributed by atoms with E-state index in [0.29, 0.717) is 17.4 Å². The predicted molar refractivity (Wildman–Crippen MR) is 74.6 cm³/mol. The summed E-state index contributed by atoms with van der Waals surface area (Å²) in [5.74, 6) is 1.88. The third kappa shape index (κ3) is 2.33. The van der Waals surface area contributed by atoms with Gasteiger partial charge in [-0.05, 0) is 25.1 Å². The van der Waals surface area contributed by atoms with Gasteiger partial charge in [-0.3, -0.25) is 0 Å². The van der Waals surface area contributed by atoms with Crippen molar-refractivity contribution in [3.63, 3.8) is 0 Å². The first-order valence-electron chi connectivity index (χ1n) is 5.80. The van der Waals surface area contributed by atoms with Gasteiger partial charge in [0.25, 0.3) is 0 Å². The number of hydrogen-bond donors (Lipinski definition) is 0. The van der Waals surface area contributed by atoms with E-state index in [0.717, 1.165) is 28.3 Å². The molecule has 0 spiro atoms. The Morgan fingerprint density at radius 1 is 1.32 bits per heavy atom. The van der Waals surface area contributed by atoms with Crippen molar-refractivity contribution in [2.24, 2.45) is 0 Å². The number of alkyl halides is 1. The average molecular weight is 296 g/mol. The summed E-state index contributed by atoms with van der Waals surface area (Å²) in [4.78, 5) is 4.49. The van der Waals surface area contributed by atoms with E-state index in [1.54, 1.807) is 0 Å². The Hall–Kier alpha value is -1.52. The van der Waals surface area contributed by atoms with E-state index in [9.17, 15) is 0 Å². The lowest BCUT2D eigenvalue weighted by Gasteiger charge is -2.04. The molecule has 0 aliphatic heterocycles. The second-order valence-electron chi connectivity index (χ2n) is 4.32. The molecule has 6 heteroatoms. The Morgan fingerprint density at radius 2 is 2.16 bits per heavy atom. The van der Waals surface area contributed by atoms with Gasteiger partial charge < -0.3 is 9.09 Å². The maximum atomic E-state index is 6.04. The summed E-state index contributed by atoms with van der Waals surface area (Å²) in [6.07, 6.45) is 0. The fourth-order valence-corrected chi connectivity index (χ4v) is 2.44. The van der Waals surface area contributed by atoms with Gasteiger partial charge in [0, 0.05) is 11.1 Å². The molecule has 4 nitrogen and oxygen atoms in total.